The highest BCUT2D eigenvalue weighted by Crippen LogP contribution is 2.29. The number of benzene rings is 3. The van der Waals surface area contributed by atoms with E-state index in [4.69, 9.17) is 16.3 Å². The fraction of sp³-hybridized carbons (Fsp3) is 0.0870. The second-order valence-electron chi connectivity index (χ2n) is 6.51. The number of fused-ring (bicyclic) bond motifs is 1. The zero-order valence-corrected chi connectivity index (χ0v) is 18.7. The predicted molar refractivity (Wildman–Crippen MR) is 128 cm³/mol. The number of ether oxygens (including phenoxy) is 1. The maximum atomic E-state index is 12.0. The Morgan fingerprint density at radius 2 is 1.87 bits per heavy atom. The largest absolute Gasteiger partial charge is 0.489 e. The van der Waals surface area contributed by atoms with Gasteiger partial charge in [0.1, 0.15) is 12.4 Å². The maximum absolute atomic E-state index is 12.0. The van der Waals surface area contributed by atoms with Gasteiger partial charge in [-0.05, 0) is 59.7 Å². The zero-order chi connectivity index (χ0) is 21.5. The molecule has 0 fully saturated rings. The van der Waals surface area contributed by atoms with Gasteiger partial charge in [0, 0.05) is 5.02 Å². The molecule has 0 aliphatic carbocycles. The minimum absolute atomic E-state index is 0.177. The Balaban J connectivity index is 1.21. The molecule has 1 aromatic heterocycles. The summed E-state index contributed by atoms with van der Waals surface area (Å²) >= 11 is 8.87. The highest BCUT2D eigenvalue weighted by atomic mass is 35.5. The van der Waals surface area contributed by atoms with Crippen LogP contribution in [0.4, 0.5) is 0 Å². The number of rotatable bonds is 8. The number of hydrogen-bond donors (Lipinski definition) is 1. The summed E-state index contributed by atoms with van der Waals surface area (Å²) in [6.07, 6.45) is 1.60. The molecular weight excluding hydrogens is 450 g/mol. The molecule has 0 spiro atoms. The molecule has 1 amide bonds. The molecule has 5 nitrogen and oxygen atoms in total. The van der Waals surface area contributed by atoms with Gasteiger partial charge in [-0.1, -0.05) is 47.6 Å². The van der Waals surface area contributed by atoms with Crippen LogP contribution in [0.1, 0.15) is 11.1 Å². The Morgan fingerprint density at radius 1 is 1.10 bits per heavy atom. The van der Waals surface area contributed by atoms with Gasteiger partial charge in [0.2, 0.25) is 0 Å². The summed E-state index contributed by atoms with van der Waals surface area (Å²) in [5.74, 6) is 0.834. The fourth-order valence-corrected chi connectivity index (χ4v) is 4.64. The van der Waals surface area contributed by atoms with E-state index < -0.39 is 0 Å². The highest BCUT2D eigenvalue weighted by Gasteiger charge is 2.07. The van der Waals surface area contributed by atoms with Crippen LogP contribution in [0, 0.1) is 0 Å². The Labute approximate surface area is 193 Å². The number of halogens is 1. The molecule has 0 saturated heterocycles. The van der Waals surface area contributed by atoms with E-state index in [0.717, 1.165) is 31.4 Å². The predicted octanol–water partition coefficient (Wildman–Crippen LogP) is 5.77. The summed E-state index contributed by atoms with van der Waals surface area (Å²) in [5, 5.41) is 4.72. The number of nitrogens with one attached hydrogen (secondary N) is 1. The van der Waals surface area contributed by atoms with Crippen LogP contribution in [0.2, 0.25) is 5.02 Å². The average molecular weight is 468 g/mol. The van der Waals surface area contributed by atoms with Gasteiger partial charge >= 0.3 is 0 Å². The van der Waals surface area contributed by atoms with Gasteiger partial charge in [-0.3, -0.25) is 4.79 Å². The summed E-state index contributed by atoms with van der Waals surface area (Å²) in [4.78, 5) is 16.5. The van der Waals surface area contributed by atoms with Gasteiger partial charge in [0.25, 0.3) is 5.91 Å². The van der Waals surface area contributed by atoms with E-state index in [9.17, 15) is 4.79 Å². The van der Waals surface area contributed by atoms with E-state index in [1.807, 2.05) is 72.8 Å². The summed E-state index contributed by atoms with van der Waals surface area (Å²) in [6, 6.07) is 22.9. The van der Waals surface area contributed by atoms with Crippen LogP contribution in [-0.2, 0) is 11.4 Å². The number of nitrogens with zero attached hydrogens (tertiary/aromatic N) is 2. The van der Waals surface area contributed by atoms with Crippen LogP contribution >= 0.6 is 34.7 Å². The Bertz CT molecular complexity index is 1160. The van der Waals surface area contributed by atoms with E-state index >= 15 is 0 Å². The molecule has 4 rings (SSSR count). The van der Waals surface area contributed by atoms with E-state index in [1.54, 1.807) is 17.6 Å². The lowest BCUT2D eigenvalue weighted by molar-refractivity contribution is -0.118. The molecule has 4 aromatic rings. The number of carbonyl (C=O) groups is 1. The Kier molecular flexibility index (Phi) is 7.19. The first-order valence-electron chi connectivity index (χ1n) is 9.43. The van der Waals surface area contributed by atoms with Crippen molar-refractivity contribution in [3.8, 4) is 5.75 Å². The standard InChI is InChI=1S/C23H18ClN3O2S2/c24-18-9-5-17(6-10-18)14-29-19-11-7-16(8-12-19)13-25-27-22(28)15-30-23-26-20-3-1-2-4-21(20)31-23/h1-13H,14-15H2,(H,27,28)/b25-13+. The molecule has 8 heteroatoms. The molecule has 0 bridgehead atoms. The summed E-state index contributed by atoms with van der Waals surface area (Å²) in [5.41, 5.74) is 5.40. The van der Waals surface area contributed by atoms with Crippen LogP contribution < -0.4 is 10.2 Å². The molecule has 0 saturated carbocycles. The molecule has 0 aliphatic heterocycles. The third-order valence-corrected chi connectivity index (χ3v) is 6.63. The average Bonchev–Trinajstić information content (AvgIpc) is 3.21. The SMILES string of the molecule is O=C(CSc1nc2ccccc2s1)N/N=C/c1ccc(OCc2ccc(Cl)cc2)cc1. The molecule has 0 unspecified atom stereocenters. The van der Waals surface area contributed by atoms with Gasteiger partial charge in [-0.15, -0.1) is 11.3 Å². The third-order valence-electron chi connectivity index (χ3n) is 4.20. The second kappa shape index (κ2) is 10.4. The van der Waals surface area contributed by atoms with Crippen molar-refractivity contribution in [3.63, 3.8) is 0 Å². The molecule has 156 valence electrons. The van der Waals surface area contributed by atoms with Gasteiger partial charge in [0.05, 0.1) is 22.2 Å². The monoisotopic (exact) mass is 467 g/mol. The molecule has 1 N–H and O–H groups in total. The minimum atomic E-state index is -0.177. The topological polar surface area (TPSA) is 63.6 Å². The first kappa shape index (κ1) is 21.4. The van der Waals surface area contributed by atoms with Crippen molar-refractivity contribution in [2.75, 3.05) is 5.75 Å². The molecule has 0 radical (unpaired) electrons. The molecule has 31 heavy (non-hydrogen) atoms. The molecule has 0 aliphatic rings. The number of para-hydroxylation sites is 1. The number of carbonyl (C=O) groups excluding carboxylic acids is 1. The normalized spacial score (nSPS) is 11.1. The minimum Gasteiger partial charge on any atom is -0.489 e. The lowest BCUT2D eigenvalue weighted by Gasteiger charge is -2.06. The molecular formula is C23H18ClN3O2S2. The number of thioether (sulfide) groups is 1. The number of hydrazone groups is 1. The summed E-state index contributed by atoms with van der Waals surface area (Å²) in [6.45, 7) is 0.465. The van der Waals surface area contributed by atoms with E-state index in [2.05, 4.69) is 15.5 Å². The van der Waals surface area contributed by atoms with Gasteiger partial charge in [-0.2, -0.15) is 5.10 Å². The number of aromatic nitrogens is 1. The third kappa shape index (κ3) is 6.30. The van der Waals surface area contributed by atoms with Crippen LogP contribution in [0.25, 0.3) is 10.2 Å². The smallest absolute Gasteiger partial charge is 0.250 e. The van der Waals surface area contributed by atoms with Crippen LogP contribution in [-0.4, -0.2) is 22.9 Å². The van der Waals surface area contributed by atoms with E-state index in [-0.39, 0.29) is 11.7 Å². The molecule has 0 atom stereocenters. The number of thiazole rings is 1. The second-order valence-corrected chi connectivity index (χ2v) is 9.20. The summed E-state index contributed by atoms with van der Waals surface area (Å²) < 4.78 is 7.75. The van der Waals surface area contributed by atoms with Gasteiger partial charge in [-0.25, -0.2) is 10.4 Å². The fourth-order valence-electron chi connectivity index (χ4n) is 2.65. The zero-order valence-electron chi connectivity index (χ0n) is 16.3. The maximum Gasteiger partial charge on any atom is 0.250 e. The van der Waals surface area contributed by atoms with Crippen LogP contribution in [0.15, 0.2) is 82.2 Å². The Hall–Kier alpha value is -2.87. The van der Waals surface area contributed by atoms with Crippen molar-refractivity contribution in [2.45, 2.75) is 10.9 Å². The quantitative estimate of drug-likeness (QED) is 0.203. The lowest BCUT2D eigenvalue weighted by Crippen LogP contribution is -2.19. The van der Waals surface area contributed by atoms with Crippen molar-refractivity contribution in [1.82, 2.24) is 10.4 Å². The van der Waals surface area contributed by atoms with Crippen LogP contribution in [0.3, 0.4) is 0 Å². The lowest BCUT2D eigenvalue weighted by atomic mass is 10.2. The van der Waals surface area contributed by atoms with Crippen LogP contribution in [0.5, 0.6) is 5.75 Å². The van der Waals surface area contributed by atoms with Crippen molar-refractivity contribution in [1.29, 1.82) is 0 Å². The molecule has 1 heterocycles. The van der Waals surface area contributed by atoms with E-state index in [1.165, 1.54) is 11.8 Å². The number of amides is 1. The Morgan fingerprint density at radius 3 is 2.65 bits per heavy atom. The van der Waals surface area contributed by atoms with Crippen molar-refractivity contribution < 1.29 is 9.53 Å². The van der Waals surface area contributed by atoms with Gasteiger partial charge < -0.3 is 4.74 Å². The van der Waals surface area contributed by atoms with E-state index in [0.29, 0.717) is 11.6 Å². The molecule has 3 aromatic carbocycles. The van der Waals surface area contributed by atoms with Gasteiger partial charge in [0.15, 0.2) is 4.34 Å². The first-order chi connectivity index (χ1) is 15.2. The first-order valence-corrected chi connectivity index (χ1v) is 11.6. The summed E-state index contributed by atoms with van der Waals surface area (Å²) in [7, 11) is 0. The van der Waals surface area contributed by atoms with Crippen molar-refractivity contribution >= 4 is 57.0 Å². The highest BCUT2D eigenvalue weighted by molar-refractivity contribution is 8.01. The van der Waals surface area contributed by atoms with Crippen molar-refractivity contribution in [2.24, 2.45) is 5.10 Å². The number of hydrogen-bond acceptors (Lipinski definition) is 6. The van der Waals surface area contributed by atoms with Crippen molar-refractivity contribution in [3.05, 3.63) is 88.9 Å².